The van der Waals surface area contributed by atoms with Gasteiger partial charge >= 0.3 is 0 Å². The van der Waals surface area contributed by atoms with Crippen LogP contribution < -0.4 is 0 Å². The Kier molecular flexibility index (Phi) is 3.35. The lowest BCUT2D eigenvalue weighted by Gasteiger charge is -2.59. The van der Waals surface area contributed by atoms with Crippen LogP contribution in [0.5, 0.6) is 0 Å². The van der Waals surface area contributed by atoms with Gasteiger partial charge in [0.25, 0.3) is 0 Å². The summed E-state index contributed by atoms with van der Waals surface area (Å²) < 4.78 is 0. The fourth-order valence-corrected chi connectivity index (χ4v) is 7.07. The first-order valence-corrected chi connectivity index (χ1v) is 9.31. The predicted octanol–water partition coefficient (Wildman–Crippen LogP) is 4.13. The molecular formula is C20H30O2. The van der Waals surface area contributed by atoms with Gasteiger partial charge in [-0.05, 0) is 91.4 Å². The van der Waals surface area contributed by atoms with E-state index in [0.717, 1.165) is 48.9 Å². The monoisotopic (exact) mass is 302 g/mol. The van der Waals surface area contributed by atoms with Crippen molar-refractivity contribution < 1.29 is 9.90 Å². The van der Waals surface area contributed by atoms with Crippen molar-refractivity contribution in [3.05, 3.63) is 11.6 Å². The minimum Gasteiger partial charge on any atom is -0.393 e. The molecule has 0 aromatic rings. The molecule has 0 radical (unpaired) electrons. The van der Waals surface area contributed by atoms with E-state index < -0.39 is 0 Å². The topological polar surface area (TPSA) is 37.3 Å². The van der Waals surface area contributed by atoms with Crippen LogP contribution in [-0.2, 0) is 4.79 Å². The number of aliphatic hydroxyl groups is 1. The number of aliphatic hydroxyl groups excluding tert-OH is 1. The molecule has 2 nitrogen and oxygen atoms in total. The molecule has 0 aromatic carbocycles. The van der Waals surface area contributed by atoms with Crippen molar-refractivity contribution in [3.63, 3.8) is 0 Å². The Morgan fingerprint density at radius 2 is 1.86 bits per heavy atom. The van der Waals surface area contributed by atoms with E-state index in [-0.39, 0.29) is 11.5 Å². The van der Waals surface area contributed by atoms with Gasteiger partial charge in [0.05, 0.1) is 6.10 Å². The maximum atomic E-state index is 11.3. The molecule has 0 spiro atoms. The van der Waals surface area contributed by atoms with E-state index in [0.29, 0.717) is 11.3 Å². The number of hydrogen-bond donors (Lipinski definition) is 1. The molecule has 0 heterocycles. The van der Waals surface area contributed by atoms with Crippen LogP contribution in [0.1, 0.15) is 65.2 Å². The quantitative estimate of drug-likeness (QED) is 0.740. The molecule has 3 fully saturated rings. The lowest BCUT2D eigenvalue weighted by molar-refractivity contribution is -0.115. The van der Waals surface area contributed by atoms with Crippen LogP contribution in [0.25, 0.3) is 0 Å². The zero-order chi connectivity index (χ0) is 15.5. The van der Waals surface area contributed by atoms with Crippen LogP contribution in [0.4, 0.5) is 0 Å². The molecule has 0 bridgehead atoms. The fourth-order valence-electron chi connectivity index (χ4n) is 7.07. The van der Waals surface area contributed by atoms with Crippen molar-refractivity contribution in [2.45, 2.75) is 71.3 Å². The predicted molar refractivity (Wildman–Crippen MR) is 87.3 cm³/mol. The smallest absolute Gasteiger partial charge is 0.145 e. The van der Waals surface area contributed by atoms with Crippen molar-refractivity contribution in [1.82, 2.24) is 0 Å². The van der Waals surface area contributed by atoms with Crippen molar-refractivity contribution in [2.24, 2.45) is 34.5 Å². The first-order chi connectivity index (χ1) is 10.5. The molecule has 4 aliphatic rings. The summed E-state index contributed by atoms with van der Waals surface area (Å²) in [4.78, 5) is 11.3. The molecule has 122 valence electrons. The van der Waals surface area contributed by atoms with Crippen molar-refractivity contribution in [1.29, 1.82) is 0 Å². The van der Waals surface area contributed by atoms with E-state index in [4.69, 9.17) is 0 Å². The summed E-state index contributed by atoms with van der Waals surface area (Å²) in [5, 5.41) is 10.5. The number of aldehydes is 1. The summed E-state index contributed by atoms with van der Waals surface area (Å²) in [5.74, 6) is 3.03. The highest BCUT2D eigenvalue weighted by Gasteiger charge is 2.59. The van der Waals surface area contributed by atoms with Crippen LogP contribution in [-0.4, -0.2) is 17.5 Å². The molecular weight excluding hydrogens is 272 g/mol. The Hall–Kier alpha value is -0.630. The molecule has 4 aliphatic carbocycles. The molecule has 2 heteroatoms. The Morgan fingerprint density at radius 1 is 1.09 bits per heavy atom. The van der Waals surface area contributed by atoms with Gasteiger partial charge in [0.2, 0.25) is 0 Å². The van der Waals surface area contributed by atoms with Crippen LogP contribution in [0.2, 0.25) is 0 Å². The zero-order valence-corrected chi connectivity index (χ0v) is 14.1. The highest BCUT2D eigenvalue weighted by molar-refractivity contribution is 5.73. The van der Waals surface area contributed by atoms with Crippen molar-refractivity contribution in [2.75, 3.05) is 0 Å². The van der Waals surface area contributed by atoms with E-state index in [9.17, 15) is 9.90 Å². The summed E-state index contributed by atoms with van der Waals surface area (Å²) in [6.45, 7) is 4.82. The Bertz CT molecular complexity index is 510. The van der Waals surface area contributed by atoms with Gasteiger partial charge in [0.15, 0.2) is 0 Å². The summed E-state index contributed by atoms with van der Waals surface area (Å²) in [6, 6.07) is 0. The Labute approximate surface area is 134 Å². The average molecular weight is 302 g/mol. The second-order valence-electron chi connectivity index (χ2n) is 9.10. The number of carbonyl (C=O) groups excluding carboxylic acids is 1. The molecule has 7 atom stereocenters. The molecule has 0 aliphatic heterocycles. The van der Waals surface area contributed by atoms with Crippen LogP contribution in [0.15, 0.2) is 11.6 Å². The number of allylic oxidation sites excluding steroid dienone is 2. The number of carbonyl (C=O) groups is 1. The molecule has 0 amide bonds. The molecule has 0 unspecified atom stereocenters. The second-order valence-corrected chi connectivity index (χ2v) is 9.10. The van der Waals surface area contributed by atoms with Gasteiger partial charge in [-0.15, -0.1) is 0 Å². The lowest BCUT2D eigenvalue weighted by Crippen LogP contribution is -2.53. The highest BCUT2D eigenvalue weighted by atomic mass is 16.3. The third-order valence-electron chi connectivity index (χ3n) is 8.42. The van der Waals surface area contributed by atoms with Crippen LogP contribution in [0.3, 0.4) is 0 Å². The molecule has 1 N–H and O–H groups in total. The zero-order valence-electron chi connectivity index (χ0n) is 14.1. The SMILES string of the molecule is C[C@]12CC(C=O)=CC[C@H]1CC[C@@H]1[C@@H]2CC[C@]2(C)[C@@H](O)CC[C@@H]12. The third-order valence-corrected chi connectivity index (χ3v) is 8.42. The van der Waals surface area contributed by atoms with E-state index >= 15 is 0 Å². The fraction of sp³-hybridized carbons (Fsp3) is 0.850. The Morgan fingerprint density at radius 3 is 2.64 bits per heavy atom. The normalized spacial score (nSPS) is 54.0. The minimum atomic E-state index is -0.0826. The van der Waals surface area contributed by atoms with E-state index in [1.54, 1.807) is 0 Å². The summed E-state index contributed by atoms with van der Waals surface area (Å²) in [6.07, 6.45) is 12.7. The van der Waals surface area contributed by atoms with Crippen molar-refractivity contribution >= 4 is 6.29 Å². The van der Waals surface area contributed by atoms with Crippen molar-refractivity contribution in [3.8, 4) is 0 Å². The third kappa shape index (κ3) is 1.85. The standard InChI is InChI=1S/C20H30O2/c1-19-10-9-17-15(16(19)7-8-18(19)22)6-5-14-4-3-13(12-21)11-20(14,17)2/h3,12,14-18,22H,4-11H2,1-2H3/t14-,15-,16-,17-,18-,19-,20-/m0/s1. The van der Waals surface area contributed by atoms with Gasteiger partial charge in [-0.3, -0.25) is 4.79 Å². The number of rotatable bonds is 1. The van der Waals surface area contributed by atoms with Crippen LogP contribution in [0, 0.1) is 34.5 Å². The summed E-state index contributed by atoms with van der Waals surface area (Å²) >= 11 is 0. The molecule has 0 aromatic heterocycles. The van der Waals surface area contributed by atoms with Gasteiger partial charge in [-0.25, -0.2) is 0 Å². The number of fused-ring (bicyclic) bond motifs is 5. The molecule has 22 heavy (non-hydrogen) atoms. The largest absolute Gasteiger partial charge is 0.393 e. The van der Waals surface area contributed by atoms with E-state index in [2.05, 4.69) is 19.9 Å². The van der Waals surface area contributed by atoms with Crippen LogP contribution >= 0.6 is 0 Å². The van der Waals surface area contributed by atoms with Gasteiger partial charge < -0.3 is 5.11 Å². The van der Waals surface area contributed by atoms with Gasteiger partial charge in [0.1, 0.15) is 6.29 Å². The molecule has 3 saturated carbocycles. The summed E-state index contributed by atoms with van der Waals surface area (Å²) in [5.41, 5.74) is 1.53. The first-order valence-electron chi connectivity index (χ1n) is 9.31. The maximum Gasteiger partial charge on any atom is 0.145 e. The van der Waals surface area contributed by atoms with E-state index in [1.165, 1.54) is 32.1 Å². The van der Waals surface area contributed by atoms with E-state index in [1.807, 2.05) is 0 Å². The van der Waals surface area contributed by atoms with Gasteiger partial charge in [0, 0.05) is 0 Å². The average Bonchev–Trinajstić information content (AvgIpc) is 2.81. The minimum absolute atomic E-state index is 0.0826. The van der Waals surface area contributed by atoms with Gasteiger partial charge in [-0.1, -0.05) is 19.9 Å². The number of hydrogen-bond acceptors (Lipinski definition) is 2. The van der Waals surface area contributed by atoms with Gasteiger partial charge in [-0.2, -0.15) is 0 Å². The molecule has 0 saturated heterocycles. The molecule has 4 rings (SSSR count). The highest BCUT2D eigenvalue weighted by Crippen LogP contribution is 2.65. The Balaban J connectivity index is 1.66. The lowest BCUT2D eigenvalue weighted by atomic mass is 9.45. The second kappa shape index (κ2) is 4.93. The first kappa shape index (κ1) is 14.9. The summed E-state index contributed by atoms with van der Waals surface area (Å²) in [7, 11) is 0. The maximum absolute atomic E-state index is 11.3.